The molecule has 114 valence electrons. The molecule has 0 amide bonds. The van der Waals surface area contributed by atoms with Gasteiger partial charge in [-0.3, -0.25) is 0 Å². The van der Waals surface area contributed by atoms with E-state index in [2.05, 4.69) is 27.2 Å². The second kappa shape index (κ2) is 7.30. The third kappa shape index (κ3) is 4.00. The molecule has 0 bridgehead atoms. The third-order valence-electron chi connectivity index (χ3n) is 4.28. The highest BCUT2D eigenvalue weighted by Gasteiger charge is 2.17. The van der Waals surface area contributed by atoms with Crippen LogP contribution in [0.4, 0.5) is 0 Å². The fourth-order valence-corrected chi connectivity index (χ4v) is 3.44. The van der Waals surface area contributed by atoms with Gasteiger partial charge in [0, 0.05) is 10.0 Å². The molecule has 1 saturated carbocycles. The van der Waals surface area contributed by atoms with Crippen molar-refractivity contribution in [3.8, 4) is 5.75 Å². The molecule has 3 rings (SSSR count). The van der Waals surface area contributed by atoms with Crippen LogP contribution in [0.1, 0.15) is 50.5 Å². The lowest BCUT2D eigenvalue weighted by molar-refractivity contribution is 0.0913. The van der Waals surface area contributed by atoms with E-state index in [0.29, 0.717) is 5.92 Å². The van der Waals surface area contributed by atoms with E-state index >= 15 is 0 Å². The number of benzene rings is 1. The first-order valence-electron chi connectivity index (χ1n) is 7.94. The van der Waals surface area contributed by atoms with Gasteiger partial charge in [-0.15, -0.1) is 0 Å². The normalized spacial score (nSPS) is 21.5. The fourth-order valence-electron chi connectivity index (χ4n) is 3.08. The van der Waals surface area contributed by atoms with E-state index in [1.165, 1.54) is 32.1 Å². The zero-order valence-corrected chi connectivity index (χ0v) is 13.9. The third-order valence-corrected chi connectivity index (χ3v) is 4.77. The molecule has 0 aromatic heterocycles. The first-order valence-corrected chi connectivity index (χ1v) is 8.74. The van der Waals surface area contributed by atoms with Crippen LogP contribution < -0.4 is 4.74 Å². The number of fused-ring (bicyclic) bond motifs is 1. The largest absolute Gasteiger partial charge is 0.493 e. The van der Waals surface area contributed by atoms with Crippen LogP contribution in [0.25, 0.3) is 0 Å². The fraction of sp³-hybridized carbons (Fsp3) is 0.588. The standard InChI is InChI=1S/C17H22BrNO2/c18-14-8-9-17-15(11-14)16(7-4-10-20-17)19-21-12-13-5-2-1-3-6-13/h8-9,11,13H,1-7,10,12H2. The molecule has 0 spiro atoms. The van der Waals surface area contributed by atoms with Gasteiger partial charge in [-0.05, 0) is 49.8 Å². The predicted octanol–water partition coefficient (Wildman–Crippen LogP) is 4.92. The van der Waals surface area contributed by atoms with Gasteiger partial charge in [-0.25, -0.2) is 0 Å². The monoisotopic (exact) mass is 351 g/mol. The minimum Gasteiger partial charge on any atom is -0.493 e. The number of halogens is 1. The van der Waals surface area contributed by atoms with Crippen molar-refractivity contribution in [2.24, 2.45) is 11.1 Å². The number of oxime groups is 1. The summed E-state index contributed by atoms with van der Waals surface area (Å²) in [5.74, 6) is 1.60. The summed E-state index contributed by atoms with van der Waals surface area (Å²) in [7, 11) is 0. The van der Waals surface area contributed by atoms with Crippen molar-refractivity contribution in [1.82, 2.24) is 0 Å². The maximum absolute atomic E-state index is 5.77. The Kier molecular flexibility index (Phi) is 5.17. The van der Waals surface area contributed by atoms with Crippen molar-refractivity contribution < 1.29 is 9.57 Å². The van der Waals surface area contributed by atoms with Gasteiger partial charge in [0.15, 0.2) is 0 Å². The summed E-state index contributed by atoms with van der Waals surface area (Å²) >= 11 is 3.52. The van der Waals surface area contributed by atoms with Gasteiger partial charge in [-0.2, -0.15) is 0 Å². The molecule has 3 nitrogen and oxygen atoms in total. The quantitative estimate of drug-likeness (QED) is 0.723. The van der Waals surface area contributed by atoms with Crippen LogP contribution in [0, 0.1) is 5.92 Å². The van der Waals surface area contributed by atoms with Crippen molar-refractivity contribution in [1.29, 1.82) is 0 Å². The Hall–Kier alpha value is -1.03. The molecule has 1 aromatic carbocycles. The Bertz CT molecular complexity index is 510. The van der Waals surface area contributed by atoms with E-state index in [-0.39, 0.29) is 0 Å². The van der Waals surface area contributed by atoms with Crippen LogP contribution in [0.15, 0.2) is 27.8 Å². The zero-order valence-electron chi connectivity index (χ0n) is 12.3. The molecule has 1 aliphatic carbocycles. The van der Waals surface area contributed by atoms with E-state index in [1.54, 1.807) is 0 Å². The first-order chi connectivity index (χ1) is 10.3. The van der Waals surface area contributed by atoms with Gasteiger partial charge in [0.1, 0.15) is 12.4 Å². The lowest BCUT2D eigenvalue weighted by Gasteiger charge is -2.20. The average molecular weight is 352 g/mol. The summed E-state index contributed by atoms with van der Waals surface area (Å²) in [4.78, 5) is 5.68. The molecule has 0 atom stereocenters. The summed E-state index contributed by atoms with van der Waals surface area (Å²) in [5, 5.41) is 4.44. The Morgan fingerprint density at radius 1 is 1.19 bits per heavy atom. The average Bonchev–Trinajstić information content (AvgIpc) is 2.71. The second-order valence-corrected chi connectivity index (χ2v) is 6.85. The maximum atomic E-state index is 5.77. The van der Waals surface area contributed by atoms with E-state index < -0.39 is 0 Å². The maximum Gasteiger partial charge on any atom is 0.128 e. The van der Waals surface area contributed by atoms with Gasteiger partial charge in [-0.1, -0.05) is 40.3 Å². The Balaban J connectivity index is 1.69. The van der Waals surface area contributed by atoms with Gasteiger partial charge in [0.05, 0.1) is 12.3 Å². The lowest BCUT2D eigenvalue weighted by atomic mass is 9.90. The number of hydrogen-bond donors (Lipinski definition) is 0. The molecular formula is C17H22BrNO2. The number of ether oxygens (including phenoxy) is 1. The smallest absolute Gasteiger partial charge is 0.128 e. The lowest BCUT2D eigenvalue weighted by Crippen LogP contribution is -2.12. The van der Waals surface area contributed by atoms with Crippen molar-refractivity contribution in [3.05, 3.63) is 28.2 Å². The molecule has 1 aliphatic heterocycles. The summed E-state index contributed by atoms with van der Waals surface area (Å²) < 4.78 is 6.82. The van der Waals surface area contributed by atoms with Crippen LogP contribution in [-0.2, 0) is 4.84 Å². The minimum absolute atomic E-state index is 0.687. The highest BCUT2D eigenvalue weighted by Crippen LogP contribution is 2.28. The summed E-state index contributed by atoms with van der Waals surface area (Å²) in [5.41, 5.74) is 2.07. The predicted molar refractivity (Wildman–Crippen MR) is 87.9 cm³/mol. The van der Waals surface area contributed by atoms with Gasteiger partial charge in [0.25, 0.3) is 0 Å². The molecule has 21 heavy (non-hydrogen) atoms. The highest BCUT2D eigenvalue weighted by atomic mass is 79.9. The van der Waals surface area contributed by atoms with Crippen LogP contribution in [-0.4, -0.2) is 18.9 Å². The van der Waals surface area contributed by atoms with Crippen LogP contribution in [0.3, 0.4) is 0 Å². The number of nitrogens with zero attached hydrogens (tertiary/aromatic N) is 1. The molecule has 2 aliphatic rings. The molecule has 1 fully saturated rings. The Morgan fingerprint density at radius 2 is 2.05 bits per heavy atom. The van der Waals surface area contributed by atoms with Crippen molar-refractivity contribution >= 4 is 21.6 Å². The molecular weight excluding hydrogens is 330 g/mol. The molecule has 0 unspecified atom stereocenters. The van der Waals surface area contributed by atoms with Crippen LogP contribution in [0.5, 0.6) is 5.75 Å². The second-order valence-electron chi connectivity index (χ2n) is 5.93. The van der Waals surface area contributed by atoms with E-state index in [4.69, 9.17) is 9.57 Å². The number of rotatable bonds is 3. The van der Waals surface area contributed by atoms with Crippen molar-refractivity contribution in [3.63, 3.8) is 0 Å². The van der Waals surface area contributed by atoms with Gasteiger partial charge >= 0.3 is 0 Å². The van der Waals surface area contributed by atoms with Crippen LogP contribution in [0.2, 0.25) is 0 Å². The molecule has 0 radical (unpaired) electrons. The molecule has 1 heterocycles. The van der Waals surface area contributed by atoms with E-state index in [9.17, 15) is 0 Å². The molecule has 0 saturated heterocycles. The molecule has 0 N–H and O–H groups in total. The topological polar surface area (TPSA) is 30.8 Å². The van der Waals surface area contributed by atoms with E-state index in [0.717, 1.165) is 47.6 Å². The molecule has 1 aromatic rings. The van der Waals surface area contributed by atoms with Crippen molar-refractivity contribution in [2.75, 3.05) is 13.2 Å². The zero-order chi connectivity index (χ0) is 14.5. The Labute approximate surface area is 134 Å². The van der Waals surface area contributed by atoms with Gasteiger partial charge in [0.2, 0.25) is 0 Å². The Morgan fingerprint density at radius 3 is 2.90 bits per heavy atom. The number of hydrogen-bond acceptors (Lipinski definition) is 3. The summed E-state index contributed by atoms with van der Waals surface area (Å²) in [6.07, 6.45) is 8.53. The minimum atomic E-state index is 0.687. The summed E-state index contributed by atoms with van der Waals surface area (Å²) in [6.45, 7) is 1.50. The first kappa shape index (κ1) is 14.9. The van der Waals surface area contributed by atoms with Gasteiger partial charge < -0.3 is 9.57 Å². The van der Waals surface area contributed by atoms with Crippen molar-refractivity contribution in [2.45, 2.75) is 44.9 Å². The molecule has 4 heteroatoms. The van der Waals surface area contributed by atoms with Crippen LogP contribution >= 0.6 is 15.9 Å². The summed E-state index contributed by atoms with van der Waals surface area (Å²) in [6, 6.07) is 6.08. The SMILES string of the molecule is Brc1ccc2c(c1)C(=NOCC1CCCCC1)CCCO2. The highest BCUT2D eigenvalue weighted by molar-refractivity contribution is 9.10. The van der Waals surface area contributed by atoms with E-state index in [1.807, 2.05) is 12.1 Å².